The van der Waals surface area contributed by atoms with Crippen LogP contribution in [0.4, 0.5) is 13.2 Å². The van der Waals surface area contributed by atoms with Gasteiger partial charge in [-0.1, -0.05) is 15.9 Å². The molecule has 3 aromatic rings. The lowest BCUT2D eigenvalue weighted by molar-refractivity contribution is -0.137. The first-order valence-corrected chi connectivity index (χ1v) is 7.39. The number of benzene rings is 1. The summed E-state index contributed by atoms with van der Waals surface area (Å²) in [6, 6.07) is 11.1. The van der Waals surface area contributed by atoms with E-state index in [1.54, 1.807) is 12.4 Å². The topological polar surface area (TPSA) is 31.6 Å². The SMILES string of the molecule is FC(F)(F)c1ccc(Br)c(C(c2ccc[nH]2)c2ccc[nH]2)c1. The second-order valence-electron chi connectivity index (χ2n) is 4.92. The maximum absolute atomic E-state index is 13.0. The van der Waals surface area contributed by atoms with Crippen LogP contribution in [0, 0.1) is 0 Å². The molecule has 0 aliphatic rings. The molecule has 0 amide bonds. The maximum atomic E-state index is 13.0. The molecular formula is C16H12BrF3N2. The van der Waals surface area contributed by atoms with Gasteiger partial charge in [0.1, 0.15) is 0 Å². The van der Waals surface area contributed by atoms with Crippen molar-refractivity contribution in [1.29, 1.82) is 0 Å². The van der Waals surface area contributed by atoms with Gasteiger partial charge < -0.3 is 9.97 Å². The number of rotatable bonds is 3. The van der Waals surface area contributed by atoms with E-state index in [-0.39, 0.29) is 5.92 Å². The molecule has 2 aromatic heterocycles. The van der Waals surface area contributed by atoms with Gasteiger partial charge in [-0.05, 0) is 48.0 Å². The van der Waals surface area contributed by atoms with E-state index in [9.17, 15) is 13.2 Å². The molecule has 0 saturated heterocycles. The third kappa shape index (κ3) is 2.83. The summed E-state index contributed by atoms with van der Waals surface area (Å²) in [5, 5.41) is 0. The zero-order valence-corrected chi connectivity index (χ0v) is 12.9. The van der Waals surface area contributed by atoms with Crippen molar-refractivity contribution >= 4 is 15.9 Å². The van der Waals surface area contributed by atoms with E-state index in [1.807, 2.05) is 24.3 Å². The van der Waals surface area contributed by atoms with Crippen molar-refractivity contribution in [3.05, 3.63) is 81.8 Å². The zero-order chi connectivity index (χ0) is 15.7. The van der Waals surface area contributed by atoms with Crippen LogP contribution in [0.15, 0.2) is 59.3 Å². The fraction of sp³-hybridized carbons (Fsp3) is 0.125. The van der Waals surface area contributed by atoms with Gasteiger partial charge in [-0.2, -0.15) is 13.2 Å². The minimum absolute atomic E-state index is 0.332. The summed E-state index contributed by atoms with van der Waals surface area (Å²) in [5.74, 6) is -0.332. The molecule has 3 rings (SSSR count). The van der Waals surface area contributed by atoms with Gasteiger partial charge in [-0.15, -0.1) is 0 Å². The molecule has 6 heteroatoms. The molecule has 0 saturated carbocycles. The van der Waals surface area contributed by atoms with Gasteiger partial charge in [0.2, 0.25) is 0 Å². The highest BCUT2D eigenvalue weighted by Gasteiger charge is 2.32. The quantitative estimate of drug-likeness (QED) is 0.628. The molecule has 114 valence electrons. The Hall–Kier alpha value is -1.95. The van der Waals surface area contributed by atoms with Crippen LogP contribution in [-0.2, 0) is 6.18 Å². The fourth-order valence-corrected chi connectivity index (χ4v) is 2.97. The summed E-state index contributed by atoms with van der Waals surface area (Å²) >= 11 is 3.37. The van der Waals surface area contributed by atoms with Crippen molar-refractivity contribution in [2.45, 2.75) is 12.1 Å². The molecule has 0 fully saturated rings. The van der Waals surface area contributed by atoms with Crippen LogP contribution in [0.25, 0.3) is 0 Å². The summed E-state index contributed by atoms with van der Waals surface area (Å²) < 4.78 is 39.7. The molecule has 22 heavy (non-hydrogen) atoms. The summed E-state index contributed by atoms with van der Waals surface area (Å²) in [4.78, 5) is 6.17. The van der Waals surface area contributed by atoms with Crippen molar-refractivity contribution in [2.75, 3.05) is 0 Å². The Morgan fingerprint density at radius 1 is 0.909 bits per heavy atom. The largest absolute Gasteiger partial charge is 0.416 e. The summed E-state index contributed by atoms with van der Waals surface area (Å²) in [5.41, 5.74) is 1.54. The highest BCUT2D eigenvalue weighted by molar-refractivity contribution is 9.10. The Morgan fingerprint density at radius 3 is 1.95 bits per heavy atom. The Bertz CT molecular complexity index is 712. The van der Waals surface area contributed by atoms with Crippen molar-refractivity contribution in [1.82, 2.24) is 9.97 Å². The van der Waals surface area contributed by atoms with Gasteiger partial charge in [0.25, 0.3) is 0 Å². The molecule has 0 radical (unpaired) electrons. The summed E-state index contributed by atoms with van der Waals surface area (Å²) in [7, 11) is 0. The molecule has 2 N–H and O–H groups in total. The van der Waals surface area contributed by atoms with E-state index >= 15 is 0 Å². The molecule has 0 spiro atoms. The number of H-pyrrole nitrogens is 2. The number of aromatic amines is 2. The van der Waals surface area contributed by atoms with E-state index in [0.717, 1.165) is 17.5 Å². The highest BCUT2D eigenvalue weighted by atomic mass is 79.9. The highest BCUT2D eigenvalue weighted by Crippen LogP contribution is 2.38. The lowest BCUT2D eigenvalue weighted by Crippen LogP contribution is -2.10. The van der Waals surface area contributed by atoms with Gasteiger partial charge in [0, 0.05) is 28.3 Å². The molecule has 0 aliphatic heterocycles. The van der Waals surface area contributed by atoms with Crippen molar-refractivity contribution < 1.29 is 13.2 Å². The summed E-state index contributed by atoms with van der Waals surface area (Å²) in [6.45, 7) is 0. The Morgan fingerprint density at radius 2 is 1.50 bits per heavy atom. The predicted molar refractivity (Wildman–Crippen MR) is 81.7 cm³/mol. The van der Waals surface area contributed by atoms with E-state index in [1.165, 1.54) is 12.1 Å². The maximum Gasteiger partial charge on any atom is 0.416 e. The fourth-order valence-electron chi connectivity index (χ4n) is 2.49. The third-order valence-electron chi connectivity index (χ3n) is 3.50. The molecule has 0 bridgehead atoms. The first-order chi connectivity index (χ1) is 10.5. The molecule has 0 atom stereocenters. The monoisotopic (exact) mass is 368 g/mol. The lowest BCUT2D eigenvalue weighted by Gasteiger charge is -2.19. The van der Waals surface area contributed by atoms with Crippen molar-refractivity contribution in [3.63, 3.8) is 0 Å². The number of nitrogens with one attached hydrogen (secondary N) is 2. The molecule has 0 unspecified atom stereocenters. The molecule has 2 heterocycles. The van der Waals surface area contributed by atoms with E-state index in [4.69, 9.17) is 0 Å². The van der Waals surface area contributed by atoms with E-state index in [2.05, 4.69) is 25.9 Å². The Balaban J connectivity index is 2.17. The number of hydrogen-bond donors (Lipinski definition) is 2. The lowest BCUT2D eigenvalue weighted by atomic mass is 9.91. The smallest absolute Gasteiger partial charge is 0.364 e. The van der Waals surface area contributed by atoms with Crippen LogP contribution in [0.3, 0.4) is 0 Å². The number of hydrogen-bond acceptors (Lipinski definition) is 0. The first-order valence-electron chi connectivity index (χ1n) is 6.60. The van der Waals surface area contributed by atoms with Gasteiger partial charge in [0.15, 0.2) is 0 Å². The predicted octanol–water partition coefficient (Wildman–Crippen LogP) is 5.30. The standard InChI is InChI=1S/C16H12BrF3N2/c17-12-6-5-10(16(18,19)20)9-11(12)15(13-3-1-7-21-13)14-4-2-8-22-14/h1-9,15,21-22H. The van der Waals surface area contributed by atoms with Crippen LogP contribution >= 0.6 is 15.9 Å². The van der Waals surface area contributed by atoms with Gasteiger partial charge in [-0.25, -0.2) is 0 Å². The molecule has 1 aromatic carbocycles. The van der Waals surface area contributed by atoms with Crippen molar-refractivity contribution in [3.8, 4) is 0 Å². The van der Waals surface area contributed by atoms with Crippen LogP contribution in [0.2, 0.25) is 0 Å². The van der Waals surface area contributed by atoms with Crippen LogP contribution in [-0.4, -0.2) is 9.97 Å². The van der Waals surface area contributed by atoms with E-state index < -0.39 is 11.7 Å². The Kier molecular flexibility index (Phi) is 3.87. The zero-order valence-electron chi connectivity index (χ0n) is 11.3. The van der Waals surface area contributed by atoms with Crippen LogP contribution < -0.4 is 0 Å². The van der Waals surface area contributed by atoms with Gasteiger partial charge >= 0.3 is 6.18 Å². The normalized spacial score (nSPS) is 12.0. The average Bonchev–Trinajstić information content (AvgIpc) is 3.13. The molecule has 0 aliphatic carbocycles. The minimum atomic E-state index is -4.37. The van der Waals surface area contributed by atoms with Gasteiger partial charge in [-0.3, -0.25) is 0 Å². The average molecular weight is 369 g/mol. The van der Waals surface area contributed by atoms with Crippen molar-refractivity contribution in [2.24, 2.45) is 0 Å². The second kappa shape index (κ2) is 5.68. The van der Waals surface area contributed by atoms with Gasteiger partial charge in [0.05, 0.1) is 11.5 Å². The summed E-state index contributed by atoms with van der Waals surface area (Å²) in [6.07, 6.45) is -0.856. The Labute approximate surface area is 133 Å². The third-order valence-corrected chi connectivity index (χ3v) is 4.22. The molecule has 2 nitrogen and oxygen atoms in total. The molecular weight excluding hydrogens is 357 g/mol. The number of aromatic nitrogens is 2. The minimum Gasteiger partial charge on any atom is -0.364 e. The number of alkyl halides is 3. The first kappa shape index (κ1) is 15.0. The van der Waals surface area contributed by atoms with Crippen LogP contribution in [0.1, 0.15) is 28.4 Å². The van der Waals surface area contributed by atoms with E-state index in [0.29, 0.717) is 10.0 Å². The van der Waals surface area contributed by atoms with Crippen LogP contribution in [0.5, 0.6) is 0 Å². The second-order valence-corrected chi connectivity index (χ2v) is 5.77. The number of halogens is 4.